The maximum Gasteiger partial charge on any atom is 0.252 e. The summed E-state index contributed by atoms with van der Waals surface area (Å²) in [5.74, 6) is -0.694. The van der Waals surface area contributed by atoms with Gasteiger partial charge in [0.05, 0.1) is 21.9 Å². The molecule has 1 heterocycles. The molecule has 7 heteroatoms. The summed E-state index contributed by atoms with van der Waals surface area (Å²) in [6.45, 7) is 0. The normalized spacial score (nSPS) is 13.3. The van der Waals surface area contributed by atoms with Gasteiger partial charge in [-0.1, -0.05) is 36.0 Å². The quantitative estimate of drug-likeness (QED) is 0.619. The molecular weight excluding hydrogens is 377 g/mol. The highest BCUT2D eigenvalue weighted by Crippen LogP contribution is 2.26. The number of pyridine rings is 1. The van der Waals surface area contributed by atoms with Crippen LogP contribution in [0.5, 0.6) is 0 Å². The van der Waals surface area contributed by atoms with Crippen LogP contribution >= 0.6 is 11.8 Å². The zero-order valence-electron chi connectivity index (χ0n) is 14.9. The monoisotopic (exact) mass is 395 g/mol. The molecule has 1 aliphatic carbocycles. The zero-order valence-corrected chi connectivity index (χ0v) is 15.8. The Morgan fingerprint density at radius 2 is 1.93 bits per heavy atom. The molecule has 2 aromatic carbocycles. The van der Waals surface area contributed by atoms with Gasteiger partial charge < -0.3 is 10.6 Å². The van der Waals surface area contributed by atoms with E-state index in [9.17, 15) is 14.0 Å². The Kier molecular flexibility index (Phi) is 5.25. The minimum Gasteiger partial charge on any atom is -0.349 e. The van der Waals surface area contributed by atoms with Crippen molar-refractivity contribution < 1.29 is 14.0 Å². The van der Waals surface area contributed by atoms with Gasteiger partial charge in [0.25, 0.3) is 5.91 Å². The first-order valence-electron chi connectivity index (χ1n) is 8.97. The minimum atomic E-state index is -0.409. The summed E-state index contributed by atoms with van der Waals surface area (Å²) in [6.07, 6.45) is 2.02. The standard InChI is InChI=1S/C21H18FN3O2S/c22-13-4-3-5-15(10-13)23-19(26)12-28-20-11-17(21(27)24-14-8-9-14)16-6-1-2-7-18(16)25-20/h1-7,10-11,14H,8-9,12H2,(H,23,26)(H,24,27). The number of aromatic nitrogens is 1. The van der Waals surface area contributed by atoms with Crippen molar-refractivity contribution in [3.63, 3.8) is 0 Å². The number of amides is 2. The SMILES string of the molecule is O=C(CSc1cc(C(=O)NC2CC2)c2ccccc2n1)Nc1cccc(F)c1. The summed E-state index contributed by atoms with van der Waals surface area (Å²) >= 11 is 1.24. The fourth-order valence-corrected chi connectivity index (χ4v) is 3.52. The highest BCUT2D eigenvalue weighted by molar-refractivity contribution is 7.99. The van der Waals surface area contributed by atoms with Crippen LogP contribution in [-0.4, -0.2) is 28.6 Å². The van der Waals surface area contributed by atoms with Crippen LogP contribution in [0.1, 0.15) is 23.2 Å². The van der Waals surface area contributed by atoms with Crippen LogP contribution in [0, 0.1) is 5.82 Å². The van der Waals surface area contributed by atoms with Crippen LogP contribution in [0.15, 0.2) is 59.6 Å². The Hall–Kier alpha value is -2.93. The van der Waals surface area contributed by atoms with Gasteiger partial charge in [0.15, 0.2) is 0 Å². The van der Waals surface area contributed by atoms with Gasteiger partial charge >= 0.3 is 0 Å². The maximum absolute atomic E-state index is 13.2. The third-order valence-corrected chi connectivity index (χ3v) is 5.22. The van der Waals surface area contributed by atoms with Crippen LogP contribution in [-0.2, 0) is 4.79 Å². The number of thioether (sulfide) groups is 1. The van der Waals surface area contributed by atoms with Gasteiger partial charge in [-0.05, 0) is 43.2 Å². The van der Waals surface area contributed by atoms with Crippen molar-refractivity contribution in [2.45, 2.75) is 23.9 Å². The van der Waals surface area contributed by atoms with E-state index in [0.717, 1.165) is 18.2 Å². The highest BCUT2D eigenvalue weighted by Gasteiger charge is 2.25. The molecule has 2 N–H and O–H groups in total. The lowest BCUT2D eigenvalue weighted by Gasteiger charge is -2.10. The molecule has 0 aliphatic heterocycles. The first-order valence-corrected chi connectivity index (χ1v) is 9.96. The summed E-state index contributed by atoms with van der Waals surface area (Å²) in [6, 6.07) is 15.2. The molecule has 1 fully saturated rings. The number of halogens is 1. The maximum atomic E-state index is 13.2. The largest absolute Gasteiger partial charge is 0.349 e. The molecule has 0 atom stereocenters. The molecule has 0 spiro atoms. The molecule has 4 rings (SSSR count). The second-order valence-electron chi connectivity index (χ2n) is 6.62. The molecular formula is C21H18FN3O2S. The fraction of sp³-hybridized carbons (Fsp3) is 0.190. The Balaban J connectivity index is 1.50. The first-order chi connectivity index (χ1) is 13.6. The predicted octanol–water partition coefficient (Wildman–Crippen LogP) is 4.00. The number of hydrogen-bond donors (Lipinski definition) is 2. The lowest BCUT2D eigenvalue weighted by atomic mass is 10.1. The summed E-state index contributed by atoms with van der Waals surface area (Å²) < 4.78 is 13.2. The van der Waals surface area contributed by atoms with E-state index in [1.807, 2.05) is 24.3 Å². The number of carbonyl (C=O) groups excluding carboxylic acids is 2. The second kappa shape index (κ2) is 7.98. The average Bonchev–Trinajstić information content (AvgIpc) is 3.49. The molecule has 142 valence electrons. The Labute approximate surface area is 165 Å². The van der Waals surface area contributed by atoms with Gasteiger partial charge in [-0.15, -0.1) is 0 Å². The molecule has 0 radical (unpaired) electrons. The van der Waals surface area contributed by atoms with Gasteiger partial charge in [-0.25, -0.2) is 9.37 Å². The molecule has 2 amide bonds. The topological polar surface area (TPSA) is 71.1 Å². The zero-order chi connectivity index (χ0) is 19.5. The van der Waals surface area contributed by atoms with E-state index in [-0.39, 0.29) is 23.6 Å². The Morgan fingerprint density at radius 3 is 2.71 bits per heavy atom. The minimum absolute atomic E-state index is 0.103. The Morgan fingerprint density at radius 1 is 1.11 bits per heavy atom. The number of nitrogens with zero attached hydrogens (tertiary/aromatic N) is 1. The van der Waals surface area contributed by atoms with Crippen molar-refractivity contribution in [2.75, 3.05) is 11.1 Å². The van der Waals surface area contributed by atoms with Crippen LogP contribution in [0.2, 0.25) is 0 Å². The van der Waals surface area contributed by atoms with Gasteiger partial charge in [-0.2, -0.15) is 0 Å². The van der Waals surface area contributed by atoms with Gasteiger partial charge in [0.2, 0.25) is 5.91 Å². The van der Waals surface area contributed by atoms with Crippen molar-refractivity contribution in [1.29, 1.82) is 0 Å². The van der Waals surface area contributed by atoms with E-state index in [2.05, 4.69) is 15.6 Å². The van der Waals surface area contributed by atoms with Crippen molar-refractivity contribution in [3.8, 4) is 0 Å². The molecule has 0 unspecified atom stereocenters. The third kappa shape index (κ3) is 4.48. The number of fused-ring (bicyclic) bond motifs is 1. The summed E-state index contributed by atoms with van der Waals surface area (Å²) in [5.41, 5.74) is 1.67. The Bertz CT molecular complexity index is 1050. The van der Waals surface area contributed by atoms with Crippen molar-refractivity contribution in [1.82, 2.24) is 10.3 Å². The number of hydrogen-bond acceptors (Lipinski definition) is 4. The van der Waals surface area contributed by atoms with Crippen LogP contribution in [0.4, 0.5) is 10.1 Å². The average molecular weight is 395 g/mol. The lowest BCUT2D eigenvalue weighted by molar-refractivity contribution is -0.113. The molecule has 28 heavy (non-hydrogen) atoms. The first kappa shape index (κ1) is 18.4. The lowest BCUT2D eigenvalue weighted by Crippen LogP contribution is -2.25. The fourth-order valence-electron chi connectivity index (χ4n) is 2.81. The summed E-state index contributed by atoms with van der Waals surface area (Å²) in [4.78, 5) is 29.3. The van der Waals surface area contributed by atoms with E-state index in [4.69, 9.17) is 0 Å². The molecule has 3 aromatic rings. The summed E-state index contributed by atoms with van der Waals surface area (Å²) in [5, 5.41) is 7.03. The van der Waals surface area contributed by atoms with Gasteiger partial charge in [-0.3, -0.25) is 9.59 Å². The van der Waals surface area contributed by atoms with Crippen molar-refractivity contribution >= 4 is 40.2 Å². The van der Waals surface area contributed by atoms with Crippen LogP contribution in [0.3, 0.4) is 0 Å². The van der Waals surface area contributed by atoms with E-state index in [0.29, 0.717) is 21.8 Å². The predicted molar refractivity (Wildman–Crippen MR) is 108 cm³/mol. The molecule has 1 aromatic heterocycles. The van der Waals surface area contributed by atoms with E-state index in [1.54, 1.807) is 12.1 Å². The van der Waals surface area contributed by atoms with Crippen molar-refractivity contribution in [3.05, 3.63) is 66.0 Å². The number of carbonyl (C=O) groups is 2. The second-order valence-corrected chi connectivity index (χ2v) is 7.62. The number of anilines is 1. The third-order valence-electron chi connectivity index (χ3n) is 4.31. The number of benzene rings is 2. The number of rotatable bonds is 6. The van der Waals surface area contributed by atoms with Gasteiger partial charge in [0.1, 0.15) is 5.82 Å². The molecule has 5 nitrogen and oxygen atoms in total. The summed E-state index contributed by atoms with van der Waals surface area (Å²) in [7, 11) is 0. The van der Waals surface area contributed by atoms with Crippen LogP contribution in [0.25, 0.3) is 10.9 Å². The van der Waals surface area contributed by atoms with Crippen molar-refractivity contribution in [2.24, 2.45) is 0 Å². The highest BCUT2D eigenvalue weighted by atomic mass is 32.2. The van der Waals surface area contributed by atoms with E-state index in [1.165, 1.54) is 30.0 Å². The molecule has 0 saturated heterocycles. The molecule has 0 bridgehead atoms. The number of nitrogens with one attached hydrogen (secondary N) is 2. The van der Waals surface area contributed by atoms with Gasteiger partial charge in [0, 0.05) is 17.1 Å². The smallest absolute Gasteiger partial charge is 0.252 e. The van der Waals surface area contributed by atoms with Crippen LogP contribution < -0.4 is 10.6 Å². The molecule has 1 aliphatic rings. The molecule has 1 saturated carbocycles. The van der Waals surface area contributed by atoms with E-state index >= 15 is 0 Å². The van der Waals surface area contributed by atoms with E-state index < -0.39 is 5.82 Å². The number of para-hydroxylation sites is 1.